The van der Waals surface area contributed by atoms with E-state index in [4.69, 9.17) is 14.7 Å². The Morgan fingerprint density at radius 2 is 1.86 bits per heavy atom. The minimum atomic E-state index is -0.333. The Hall–Kier alpha value is -4.49. The fraction of sp³-hybridized carbons (Fsp3) is 0.269. The van der Waals surface area contributed by atoms with Crippen molar-refractivity contribution in [2.75, 3.05) is 17.7 Å². The molecule has 0 saturated heterocycles. The number of fused-ring (bicyclic) bond motifs is 1. The zero-order valence-electron chi connectivity index (χ0n) is 19.7. The van der Waals surface area contributed by atoms with E-state index in [0.717, 1.165) is 31.1 Å². The summed E-state index contributed by atoms with van der Waals surface area (Å²) in [5, 5.41) is 23.4. The normalized spacial score (nSPS) is 17.3. The maximum Gasteiger partial charge on any atom is 0.256 e. The fourth-order valence-corrected chi connectivity index (χ4v) is 4.31. The topological polar surface area (TPSA) is 138 Å². The van der Waals surface area contributed by atoms with Crippen molar-refractivity contribution < 1.29 is 14.3 Å². The number of aromatic nitrogens is 4. The standard InChI is InChI=1S/C26H25N7O3/c1-35-19-8-4-18(5-9-19)30-25-23-21(11-13-29-24(23)32-33-25)36-20-6-2-17(3-7-20)26(34)31-22-14-16(15-27)10-12-28-22/h2-3,6-7,10-14,18-19H,4-5,8-9H2,1H3,(H,28,31,34)(H2,29,30,32,33). The van der Waals surface area contributed by atoms with Gasteiger partial charge >= 0.3 is 0 Å². The number of carbonyl (C=O) groups excluding carboxylic acids is 1. The largest absolute Gasteiger partial charge is 0.456 e. The van der Waals surface area contributed by atoms with Crippen molar-refractivity contribution in [1.82, 2.24) is 20.2 Å². The highest BCUT2D eigenvalue weighted by Crippen LogP contribution is 2.34. The number of hydrogen-bond acceptors (Lipinski definition) is 8. The third-order valence-electron chi connectivity index (χ3n) is 6.25. The summed E-state index contributed by atoms with van der Waals surface area (Å²) in [6.45, 7) is 0. The lowest BCUT2D eigenvalue weighted by molar-refractivity contribution is 0.0681. The number of nitriles is 1. The van der Waals surface area contributed by atoms with Crippen LogP contribution in [0, 0.1) is 11.3 Å². The van der Waals surface area contributed by atoms with Crippen LogP contribution in [0.2, 0.25) is 0 Å². The van der Waals surface area contributed by atoms with Gasteiger partial charge in [0.05, 0.1) is 17.7 Å². The molecule has 0 atom stereocenters. The number of aromatic amines is 1. The minimum Gasteiger partial charge on any atom is -0.456 e. The molecule has 0 aliphatic heterocycles. The highest BCUT2D eigenvalue weighted by Gasteiger charge is 2.23. The summed E-state index contributed by atoms with van der Waals surface area (Å²) in [4.78, 5) is 21.0. The van der Waals surface area contributed by atoms with Crippen LogP contribution in [0.4, 0.5) is 11.6 Å². The molecule has 1 amide bonds. The average Bonchev–Trinajstić information content (AvgIpc) is 3.33. The van der Waals surface area contributed by atoms with Crippen molar-refractivity contribution in [3.8, 4) is 17.6 Å². The van der Waals surface area contributed by atoms with Crippen molar-refractivity contribution in [2.24, 2.45) is 0 Å². The number of carbonyl (C=O) groups is 1. The molecule has 0 unspecified atom stereocenters. The van der Waals surface area contributed by atoms with Crippen molar-refractivity contribution in [3.63, 3.8) is 0 Å². The molecule has 0 radical (unpaired) electrons. The van der Waals surface area contributed by atoms with E-state index in [-0.39, 0.29) is 5.91 Å². The summed E-state index contributed by atoms with van der Waals surface area (Å²) in [7, 11) is 1.76. The molecule has 5 rings (SSSR count). The number of rotatable bonds is 7. The maximum absolute atomic E-state index is 12.6. The van der Waals surface area contributed by atoms with E-state index in [9.17, 15) is 4.79 Å². The SMILES string of the molecule is COC1CCC(Nc2n[nH]c3nccc(Oc4ccc(C(=O)Nc5cc(C#N)ccn5)cc4)c23)CC1. The summed E-state index contributed by atoms with van der Waals surface area (Å²) in [5.74, 6) is 1.86. The highest BCUT2D eigenvalue weighted by molar-refractivity contribution is 6.03. The van der Waals surface area contributed by atoms with Crippen molar-refractivity contribution in [3.05, 3.63) is 66.0 Å². The summed E-state index contributed by atoms with van der Waals surface area (Å²) >= 11 is 0. The molecule has 1 saturated carbocycles. The second-order valence-corrected chi connectivity index (χ2v) is 8.58. The quantitative estimate of drug-likeness (QED) is 0.346. The number of amides is 1. The molecule has 1 aliphatic rings. The number of ether oxygens (including phenoxy) is 2. The smallest absolute Gasteiger partial charge is 0.256 e. The zero-order chi connectivity index (χ0) is 24.9. The predicted octanol–water partition coefficient (Wildman–Crippen LogP) is 4.64. The fourth-order valence-electron chi connectivity index (χ4n) is 4.31. The van der Waals surface area contributed by atoms with Gasteiger partial charge in [-0.05, 0) is 62.1 Å². The van der Waals surface area contributed by atoms with E-state index >= 15 is 0 Å². The van der Waals surface area contributed by atoms with Crippen LogP contribution in [-0.4, -0.2) is 45.3 Å². The molecular weight excluding hydrogens is 458 g/mol. The number of nitrogens with one attached hydrogen (secondary N) is 3. The molecule has 0 bridgehead atoms. The van der Waals surface area contributed by atoms with Gasteiger partial charge in [0.25, 0.3) is 5.91 Å². The third kappa shape index (κ3) is 5.11. The number of hydrogen-bond donors (Lipinski definition) is 3. The highest BCUT2D eigenvalue weighted by atomic mass is 16.5. The van der Waals surface area contributed by atoms with E-state index < -0.39 is 0 Å². The Morgan fingerprint density at radius 1 is 1.08 bits per heavy atom. The third-order valence-corrected chi connectivity index (χ3v) is 6.25. The molecule has 4 aromatic rings. The molecular formula is C26H25N7O3. The Morgan fingerprint density at radius 3 is 2.61 bits per heavy atom. The molecule has 0 spiro atoms. The first-order chi connectivity index (χ1) is 17.6. The van der Waals surface area contributed by atoms with Gasteiger partial charge in [-0.1, -0.05) is 0 Å². The van der Waals surface area contributed by atoms with Crippen LogP contribution < -0.4 is 15.4 Å². The number of anilines is 2. The number of benzene rings is 1. The van der Waals surface area contributed by atoms with Crippen LogP contribution in [0.25, 0.3) is 11.0 Å². The van der Waals surface area contributed by atoms with Gasteiger partial charge in [0, 0.05) is 37.2 Å². The van der Waals surface area contributed by atoms with Crippen LogP contribution in [0.5, 0.6) is 11.5 Å². The van der Waals surface area contributed by atoms with E-state index in [0.29, 0.717) is 52.1 Å². The second-order valence-electron chi connectivity index (χ2n) is 8.58. The van der Waals surface area contributed by atoms with Crippen LogP contribution >= 0.6 is 0 Å². The van der Waals surface area contributed by atoms with Crippen molar-refractivity contribution in [1.29, 1.82) is 5.26 Å². The molecule has 10 heteroatoms. The first-order valence-electron chi connectivity index (χ1n) is 11.7. The monoisotopic (exact) mass is 483 g/mol. The summed E-state index contributed by atoms with van der Waals surface area (Å²) in [6, 6.07) is 14.0. The molecule has 10 nitrogen and oxygen atoms in total. The Kier molecular flexibility index (Phi) is 6.73. The van der Waals surface area contributed by atoms with E-state index in [2.05, 4.69) is 30.8 Å². The Balaban J connectivity index is 1.29. The van der Waals surface area contributed by atoms with Gasteiger partial charge in [0.2, 0.25) is 0 Å². The van der Waals surface area contributed by atoms with Gasteiger partial charge in [0.1, 0.15) is 22.7 Å². The summed E-state index contributed by atoms with van der Waals surface area (Å²) < 4.78 is 11.6. The van der Waals surface area contributed by atoms with Gasteiger partial charge in [0.15, 0.2) is 11.5 Å². The molecule has 3 heterocycles. The lowest BCUT2D eigenvalue weighted by Crippen LogP contribution is -2.29. The molecule has 1 fully saturated rings. The number of pyridine rings is 2. The van der Waals surface area contributed by atoms with Gasteiger partial charge < -0.3 is 20.1 Å². The Bertz CT molecular complexity index is 1400. The van der Waals surface area contributed by atoms with Gasteiger partial charge in [-0.25, -0.2) is 9.97 Å². The summed E-state index contributed by atoms with van der Waals surface area (Å²) in [6.07, 6.45) is 7.49. The molecule has 3 aromatic heterocycles. The van der Waals surface area contributed by atoms with Gasteiger partial charge in [-0.15, -0.1) is 0 Å². The summed E-state index contributed by atoms with van der Waals surface area (Å²) in [5.41, 5.74) is 1.48. The van der Waals surface area contributed by atoms with Crippen molar-refractivity contribution in [2.45, 2.75) is 37.8 Å². The van der Waals surface area contributed by atoms with Gasteiger partial charge in [-0.3, -0.25) is 9.89 Å². The van der Waals surface area contributed by atoms with Crippen molar-refractivity contribution >= 4 is 28.6 Å². The average molecular weight is 484 g/mol. The lowest BCUT2D eigenvalue weighted by atomic mass is 9.93. The van der Waals surface area contributed by atoms with Crippen LogP contribution in [-0.2, 0) is 4.74 Å². The number of H-pyrrole nitrogens is 1. The second kappa shape index (κ2) is 10.4. The van der Waals surface area contributed by atoms with E-state index in [1.807, 2.05) is 6.07 Å². The zero-order valence-corrected chi connectivity index (χ0v) is 19.7. The molecule has 36 heavy (non-hydrogen) atoms. The van der Waals surface area contributed by atoms with Crippen LogP contribution in [0.1, 0.15) is 41.6 Å². The molecule has 182 valence electrons. The van der Waals surface area contributed by atoms with Crippen LogP contribution in [0.3, 0.4) is 0 Å². The minimum absolute atomic E-state index is 0.303. The lowest BCUT2D eigenvalue weighted by Gasteiger charge is -2.28. The molecule has 1 aliphatic carbocycles. The van der Waals surface area contributed by atoms with Crippen LogP contribution in [0.15, 0.2) is 54.9 Å². The predicted molar refractivity (Wildman–Crippen MR) is 134 cm³/mol. The maximum atomic E-state index is 12.6. The molecule has 3 N–H and O–H groups in total. The Labute approximate surface area is 207 Å². The number of nitrogens with zero attached hydrogens (tertiary/aromatic N) is 4. The first kappa shape index (κ1) is 23.3. The van der Waals surface area contributed by atoms with E-state index in [1.54, 1.807) is 49.7 Å². The van der Waals surface area contributed by atoms with Gasteiger partial charge in [-0.2, -0.15) is 10.4 Å². The first-order valence-corrected chi connectivity index (χ1v) is 11.7. The van der Waals surface area contributed by atoms with E-state index in [1.165, 1.54) is 12.3 Å². The molecule has 1 aromatic carbocycles. The number of methoxy groups -OCH3 is 1.